The third kappa shape index (κ3) is 3.49. The monoisotopic (exact) mass is 281 g/mol. The van der Waals surface area contributed by atoms with Gasteiger partial charge < -0.3 is 0 Å². The third-order valence-electron chi connectivity index (χ3n) is 4.60. The van der Waals surface area contributed by atoms with Crippen molar-refractivity contribution in [3.63, 3.8) is 0 Å². The quantitative estimate of drug-likeness (QED) is 0.579. The summed E-state index contributed by atoms with van der Waals surface area (Å²) in [7, 11) is 0. The van der Waals surface area contributed by atoms with Gasteiger partial charge in [-0.2, -0.15) is 0 Å². The Hall–Kier alpha value is -1.70. The van der Waals surface area contributed by atoms with E-state index in [1.54, 1.807) is 0 Å². The molecular formula is C19H23NO. The molecular weight excluding hydrogens is 258 g/mol. The smallest absolute Gasteiger partial charge is 0.163 e. The molecule has 2 nitrogen and oxygen atoms in total. The molecule has 3 rings (SSSR count). The highest BCUT2D eigenvalue weighted by molar-refractivity contribution is 5.99. The molecule has 1 aliphatic carbocycles. The standard InChI is InChI=1S/C19H23NO/c1-14-8-9-16-13-17(10-11-18(16)20-14)19(21)12-15-6-4-2-3-5-7-15/h8-11,13,15H,2-7,12H2,1H3. The maximum absolute atomic E-state index is 12.5. The number of rotatable bonds is 3. The van der Waals surface area contributed by atoms with E-state index in [4.69, 9.17) is 0 Å². The molecule has 2 aromatic rings. The van der Waals surface area contributed by atoms with Crippen LogP contribution in [0.4, 0.5) is 0 Å². The van der Waals surface area contributed by atoms with Crippen molar-refractivity contribution in [3.8, 4) is 0 Å². The summed E-state index contributed by atoms with van der Waals surface area (Å²) in [6, 6.07) is 9.97. The molecule has 21 heavy (non-hydrogen) atoms. The van der Waals surface area contributed by atoms with E-state index in [2.05, 4.69) is 11.1 Å². The molecule has 0 amide bonds. The van der Waals surface area contributed by atoms with Crippen molar-refractivity contribution in [3.05, 3.63) is 41.6 Å². The summed E-state index contributed by atoms with van der Waals surface area (Å²) in [5.74, 6) is 0.885. The lowest BCUT2D eigenvalue weighted by Gasteiger charge is -2.13. The molecule has 0 bridgehead atoms. The summed E-state index contributed by atoms with van der Waals surface area (Å²) < 4.78 is 0. The Morgan fingerprint density at radius 1 is 1.10 bits per heavy atom. The lowest BCUT2D eigenvalue weighted by Crippen LogP contribution is -2.08. The zero-order valence-electron chi connectivity index (χ0n) is 12.8. The first-order valence-corrected chi connectivity index (χ1v) is 8.13. The average molecular weight is 281 g/mol. The van der Waals surface area contributed by atoms with Crippen LogP contribution < -0.4 is 0 Å². The molecule has 1 heterocycles. The number of fused-ring (bicyclic) bond motifs is 1. The first-order chi connectivity index (χ1) is 10.2. The molecule has 0 radical (unpaired) electrons. The van der Waals surface area contributed by atoms with Crippen LogP contribution in [-0.4, -0.2) is 10.8 Å². The van der Waals surface area contributed by atoms with Gasteiger partial charge in [-0.15, -0.1) is 0 Å². The van der Waals surface area contributed by atoms with Gasteiger partial charge in [-0.1, -0.05) is 44.6 Å². The summed E-state index contributed by atoms with van der Waals surface area (Å²) in [5.41, 5.74) is 2.83. The van der Waals surface area contributed by atoms with Crippen molar-refractivity contribution in [1.29, 1.82) is 0 Å². The molecule has 1 aromatic heterocycles. The van der Waals surface area contributed by atoms with Crippen molar-refractivity contribution < 1.29 is 4.79 Å². The SMILES string of the molecule is Cc1ccc2cc(C(=O)CC3CCCCCC3)ccc2n1. The molecule has 0 N–H and O–H groups in total. The second-order valence-electron chi connectivity index (χ2n) is 6.35. The van der Waals surface area contributed by atoms with E-state index in [9.17, 15) is 4.79 Å². The van der Waals surface area contributed by atoms with Gasteiger partial charge in [-0.3, -0.25) is 9.78 Å². The number of aryl methyl sites for hydroxylation is 1. The summed E-state index contributed by atoms with van der Waals surface area (Å²) >= 11 is 0. The molecule has 110 valence electrons. The minimum Gasteiger partial charge on any atom is -0.294 e. The first-order valence-electron chi connectivity index (χ1n) is 8.13. The maximum atomic E-state index is 12.5. The minimum absolute atomic E-state index is 0.296. The van der Waals surface area contributed by atoms with E-state index in [0.29, 0.717) is 18.1 Å². The lowest BCUT2D eigenvalue weighted by atomic mass is 9.91. The number of hydrogen-bond donors (Lipinski definition) is 0. The van der Waals surface area contributed by atoms with Gasteiger partial charge in [0.05, 0.1) is 5.52 Å². The number of nitrogens with zero attached hydrogens (tertiary/aromatic N) is 1. The van der Waals surface area contributed by atoms with E-state index < -0.39 is 0 Å². The fourth-order valence-corrected chi connectivity index (χ4v) is 3.35. The topological polar surface area (TPSA) is 30.0 Å². The van der Waals surface area contributed by atoms with E-state index in [-0.39, 0.29) is 0 Å². The number of carbonyl (C=O) groups is 1. The molecule has 0 spiro atoms. The van der Waals surface area contributed by atoms with Gasteiger partial charge in [0.25, 0.3) is 0 Å². The van der Waals surface area contributed by atoms with Crippen LogP contribution in [0.15, 0.2) is 30.3 Å². The average Bonchev–Trinajstić information content (AvgIpc) is 2.75. The molecule has 1 aromatic carbocycles. The Balaban J connectivity index is 1.76. The zero-order valence-corrected chi connectivity index (χ0v) is 12.8. The van der Waals surface area contributed by atoms with Gasteiger partial charge in [0, 0.05) is 23.1 Å². The number of benzene rings is 1. The van der Waals surface area contributed by atoms with Crippen LogP contribution in [0.5, 0.6) is 0 Å². The van der Waals surface area contributed by atoms with Crippen LogP contribution in [0, 0.1) is 12.8 Å². The van der Waals surface area contributed by atoms with Crippen molar-refractivity contribution in [2.45, 2.75) is 51.9 Å². The molecule has 0 aliphatic heterocycles. The number of aromatic nitrogens is 1. The van der Waals surface area contributed by atoms with Gasteiger partial charge >= 0.3 is 0 Å². The van der Waals surface area contributed by atoms with Crippen LogP contribution in [0.1, 0.15) is 61.0 Å². The second kappa shape index (κ2) is 6.38. The molecule has 1 fully saturated rings. The molecule has 1 saturated carbocycles. The predicted octanol–water partition coefficient (Wildman–Crippen LogP) is 5.09. The van der Waals surface area contributed by atoms with Crippen LogP contribution in [0.3, 0.4) is 0 Å². The zero-order chi connectivity index (χ0) is 14.7. The Kier molecular flexibility index (Phi) is 4.33. The van der Waals surface area contributed by atoms with Crippen molar-refractivity contribution in [2.24, 2.45) is 5.92 Å². The van der Waals surface area contributed by atoms with Gasteiger partial charge in [0.1, 0.15) is 0 Å². The molecule has 0 unspecified atom stereocenters. The van der Waals surface area contributed by atoms with Crippen LogP contribution in [0.2, 0.25) is 0 Å². The Bertz CT molecular complexity index is 639. The van der Waals surface area contributed by atoms with Crippen molar-refractivity contribution in [2.75, 3.05) is 0 Å². The number of Topliss-reactive ketones (excluding diaryl/α,β-unsaturated/α-hetero) is 1. The molecule has 0 atom stereocenters. The van der Waals surface area contributed by atoms with Crippen molar-refractivity contribution >= 4 is 16.7 Å². The van der Waals surface area contributed by atoms with Crippen molar-refractivity contribution in [1.82, 2.24) is 4.98 Å². The number of carbonyl (C=O) groups excluding carboxylic acids is 1. The summed E-state index contributed by atoms with van der Waals surface area (Å²) in [4.78, 5) is 17.0. The normalized spacial score (nSPS) is 16.8. The van der Waals surface area contributed by atoms with Gasteiger partial charge in [-0.25, -0.2) is 0 Å². The van der Waals surface area contributed by atoms with E-state index in [0.717, 1.165) is 22.2 Å². The van der Waals surface area contributed by atoms with Gasteiger partial charge in [0.2, 0.25) is 0 Å². The van der Waals surface area contributed by atoms with E-state index >= 15 is 0 Å². The second-order valence-corrected chi connectivity index (χ2v) is 6.35. The summed E-state index contributed by atoms with van der Waals surface area (Å²) in [6.07, 6.45) is 8.42. The minimum atomic E-state index is 0.296. The predicted molar refractivity (Wildman–Crippen MR) is 86.6 cm³/mol. The Labute approximate surface area is 126 Å². The highest BCUT2D eigenvalue weighted by Crippen LogP contribution is 2.27. The Morgan fingerprint density at radius 2 is 1.86 bits per heavy atom. The molecule has 2 heteroatoms. The fraction of sp³-hybridized carbons (Fsp3) is 0.474. The van der Waals surface area contributed by atoms with E-state index in [1.165, 1.54) is 38.5 Å². The van der Waals surface area contributed by atoms with Crippen LogP contribution >= 0.6 is 0 Å². The largest absolute Gasteiger partial charge is 0.294 e. The van der Waals surface area contributed by atoms with Crippen LogP contribution in [0.25, 0.3) is 10.9 Å². The number of hydrogen-bond acceptors (Lipinski definition) is 2. The highest BCUT2D eigenvalue weighted by Gasteiger charge is 2.17. The van der Waals surface area contributed by atoms with Crippen LogP contribution in [-0.2, 0) is 0 Å². The number of pyridine rings is 1. The third-order valence-corrected chi connectivity index (χ3v) is 4.60. The fourth-order valence-electron chi connectivity index (χ4n) is 3.35. The first kappa shape index (κ1) is 14.2. The van der Waals surface area contributed by atoms with Gasteiger partial charge in [-0.05, 0) is 37.1 Å². The highest BCUT2D eigenvalue weighted by atomic mass is 16.1. The molecule has 0 saturated heterocycles. The Morgan fingerprint density at radius 3 is 2.62 bits per heavy atom. The molecule has 1 aliphatic rings. The van der Waals surface area contributed by atoms with Gasteiger partial charge in [0.15, 0.2) is 5.78 Å². The lowest BCUT2D eigenvalue weighted by molar-refractivity contribution is 0.0957. The summed E-state index contributed by atoms with van der Waals surface area (Å²) in [6.45, 7) is 1.99. The summed E-state index contributed by atoms with van der Waals surface area (Å²) in [5, 5.41) is 1.06. The maximum Gasteiger partial charge on any atom is 0.163 e. The number of ketones is 1. The van der Waals surface area contributed by atoms with E-state index in [1.807, 2.05) is 31.2 Å².